The van der Waals surface area contributed by atoms with Crippen molar-refractivity contribution in [1.29, 1.82) is 0 Å². The van der Waals surface area contributed by atoms with Gasteiger partial charge >= 0.3 is 11.9 Å². The largest absolute Gasteiger partial charge is 0.508 e. The van der Waals surface area contributed by atoms with Crippen molar-refractivity contribution in [1.82, 2.24) is 0 Å². The fourth-order valence-electron chi connectivity index (χ4n) is 13.9. The highest BCUT2D eigenvalue weighted by Crippen LogP contribution is 2.72. The minimum absolute atomic E-state index is 0.0137. The van der Waals surface area contributed by atoms with Crippen LogP contribution < -0.4 is 9.47 Å². The molecule has 0 radical (unpaired) electrons. The fraction of sp³-hybridized carbons (Fsp3) is 0.345. The highest BCUT2D eigenvalue weighted by Gasteiger charge is 2.66. The molecule has 0 aromatic heterocycles. The molecule has 5 aliphatic rings. The Morgan fingerprint density at radius 1 is 0.716 bits per heavy atom. The minimum Gasteiger partial charge on any atom is -0.508 e. The molecule has 0 amide bonds. The number of ether oxygens (including phenoxy) is 4. The Balaban J connectivity index is 1.06. The Morgan fingerprint density at radius 3 is 2.28 bits per heavy atom. The van der Waals surface area contributed by atoms with E-state index in [0.717, 1.165) is 81.8 Å². The third-order valence-corrected chi connectivity index (χ3v) is 16.2. The number of fused-ring (bicyclic) bond motifs is 6. The molecule has 67 heavy (non-hydrogen) atoms. The standard InChI is InChI=1S/C58H56O9/c1-32(59)66-53-29-43(67-56(63)20-33-13-14-37-23-42(60)27-45(44(37)19-33)35-10-5-4-6-11-35)28-48-46-31-55(65-3)51(61)25-39(46)21-38-16-18-49-47-30-52(62)54(64-2)26-40(47)24-50(53)58(49,57(38)48)41-17-15-34-9-7-8-12-36(34)22-41/h4-14,19,22-23,25-27,30-31,38,43,48-50,53,57,60-62H,15-18,20-21,24,28-29H2,1-3H3/t38-,43+,48-,49+,50-,53-,57-,58-/m1/s1. The average molecular weight is 897 g/mol. The van der Waals surface area contributed by atoms with E-state index in [4.69, 9.17) is 18.9 Å². The Labute approximate surface area is 391 Å². The number of phenolic OH excluding ortho intramolecular Hbond substituents is 3. The van der Waals surface area contributed by atoms with Gasteiger partial charge in [-0.25, -0.2) is 0 Å². The van der Waals surface area contributed by atoms with Gasteiger partial charge in [-0.2, -0.15) is 0 Å². The van der Waals surface area contributed by atoms with E-state index in [-0.39, 0.29) is 65.2 Å². The number of aryl methyl sites for hydroxylation is 1. The van der Waals surface area contributed by atoms with Gasteiger partial charge in [-0.1, -0.05) is 78.4 Å². The molecule has 5 aliphatic carbocycles. The Bertz CT molecular complexity index is 2970. The normalized spacial score (nSPS) is 25.7. The molecule has 11 rings (SSSR count). The summed E-state index contributed by atoms with van der Waals surface area (Å²) in [5.74, 6) is 0.277. The molecule has 6 aromatic carbocycles. The van der Waals surface area contributed by atoms with Crippen molar-refractivity contribution >= 4 is 28.8 Å². The number of carbonyl (C=O) groups is 2. The van der Waals surface area contributed by atoms with Gasteiger partial charge in [-0.05, 0) is 172 Å². The first kappa shape index (κ1) is 42.9. The van der Waals surface area contributed by atoms with Gasteiger partial charge < -0.3 is 34.3 Å². The number of aromatic hydroxyl groups is 3. The van der Waals surface area contributed by atoms with Crippen LogP contribution in [0.3, 0.4) is 0 Å². The van der Waals surface area contributed by atoms with Crippen LogP contribution in [0.1, 0.15) is 89.8 Å². The molecule has 0 saturated heterocycles. The van der Waals surface area contributed by atoms with Crippen molar-refractivity contribution in [3.8, 4) is 39.9 Å². The Hall–Kier alpha value is -6.74. The Kier molecular flexibility index (Phi) is 10.8. The topological polar surface area (TPSA) is 132 Å². The summed E-state index contributed by atoms with van der Waals surface area (Å²) in [6.45, 7) is 1.48. The van der Waals surface area contributed by atoms with Gasteiger partial charge in [0.2, 0.25) is 0 Å². The molecule has 9 heteroatoms. The lowest BCUT2D eigenvalue weighted by molar-refractivity contribution is -0.171. The molecule has 2 saturated carbocycles. The number of rotatable bonds is 8. The first-order valence-corrected chi connectivity index (χ1v) is 23.8. The van der Waals surface area contributed by atoms with Crippen molar-refractivity contribution < 1.29 is 43.9 Å². The van der Waals surface area contributed by atoms with Crippen molar-refractivity contribution in [2.24, 2.45) is 23.2 Å². The van der Waals surface area contributed by atoms with E-state index in [1.54, 1.807) is 26.4 Å². The van der Waals surface area contributed by atoms with Gasteiger partial charge in [0, 0.05) is 24.7 Å². The van der Waals surface area contributed by atoms with Crippen LogP contribution in [0.15, 0.2) is 115 Å². The van der Waals surface area contributed by atoms with Crippen LogP contribution in [0.25, 0.3) is 28.0 Å². The van der Waals surface area contributed by atoms with Crippen LogP contribution in [-0.2, 0) is 44.7 Å². The maximum Gasteiger partial charge on any atom is 0.310 e. The lowest BCUT2D eigenvalue weighted by Gasteiger charge is -2.66. The Morgan fingerprint density at radius 2 is 1.48 bits per heavy atom. The van der Waals surface area contributed by atoms with Crippen molar-refractivity contribution in [3.63, 3.8) is 0 Å². The van der Waals surface area contributed by atoms with E-state index < -0.39 is 17.6 Å². The zero-order valence-electron chi connectivity index (χ0n) is 38.2. The summed E-state index contributed by atoms with van der Waals surface area (Å²) >= 11 is 0. The van der Waals surface area contributed by atoms with Crippen LogP contribution in [0.5, 0.6) is 28.7 Å². The number of benzene rings is 6. The van der Waals surface area contributed by atoms with Crippen molar-refractivity contribution in [3.05, 3.63) is 154 Å². The van der Waals surface area contributed by atoms with Crippen LogP contribution in [-0.4, -0.2) is 53.7 Å². The third kappa shape index (κ3) is 7.29. The first-order valence-electron chi connectivity index (χ1n) is 23.8. The maximum atomic E-state index is 14.5. The van der Waals surface area contributed by atoms with Crippen LogP contribution in [0.4, 0.5) is 0 Å². The number of esters is 2. The average Bonchev–Trinajstić information content (AvgIpc) is 3.32. The van der Waals surface area contributed by atoms with E-state index in [1.165, 1.54) is 23.6 Å². The van der Waals surface area contributed by atoms with E-state index in [2.05, 4.69) is 30.3 Å². The van der Waals surface area contributed by atoms with Gasteiger partial charge in [0.15, 0.2) is 23.0 Å². The zero-order valence-corrected chi connectivity index (χ0v) is 38.2. The summed E-state index contributed by atoms with van der Waals surface area (Å²) in [7, 11) is 3.15. The molecule has 0 bridgehead atoms. The van der Waals surface area contributed by atoms with Crippen molar-refractivity contribution in [2.75, 3.05) is 14.2 Å². The molecule has 9 nitrogen and oxygen atoms in total. The minimum atomic E-state index is -0.624. The third-order valence-electron chi connectivity index (χ3n) is 16.2. The molecule has 342 valence electrons. The lowest BCUT2D eigenvalue weighted by Crippen LogP contribution is -2.61. The predicted molar refractivity (Wildman–Crippen MR) is 257 cm³/mol. The van der Waals surface area contributed by atoms with Gasteiger partial charge in [-0.15, -0.1) is 0 Å². The predicted octanol–water partition coefficient (Wildman–Crippen LogP) is 11.2. The summed E-state index contributed by atoms with van der Waals surface area (Å²) < 4.78 is 24.9. The molecule has 0 aliphatic heterocycles. The highest BCUT2D eigenvalue weighted by molar-refractivity contribution is 5.98. The smallest absolute Gasteiger partial charge is 0.310 e. The number of phenols is 3. The van der Waals surface area contributed by atoms with Crippen LogP contribution >= 0.6 is 0 Å². The van der Waals surface area contributed by atoms with Crippen LogP contribution in [0, 0.1) is 23.2 Å². The van der Waals surface area contributed by atoms with E-state index in [0.29, 0.717) is 30.8 Å². The van der Waals surface area contributed by atoms with Crippen LogP contribution in [0.2, 0.25) is 0 Å². The summed E-state index contributed by atoms with van der Waals surface area (Å²) in [4.78, 5) is 28.0. The second-order valence-electron chi connectivity index (χ2n) is 19.6. The second-order valence-corrected chi connectivity index (χ2v) is 19.6. The van der Waals surface area contributed by atoms with E-state index >= 15 is 0 Å². The molecule has 0 unspecified atom stereocenters. The molecule has 2 fully saturated rings. The zero-order chi connectivity index (χ0) is 46.1. The molecule has 8 atom stereocenters. The second kappa shape index (κ2) is 16.8. The summed E-state index contributed by atoms with van der Waals surface area (Å²) in [6.07, 6.45) is 6.81. The van der Waals surface area contributed by atoms with Gasteiger partial charge in [-0.3, -0.25) is 9.59 Å². The van der Waals surface area contributed by atoms with Gasteiger partial charge in [0.1, 0.15) is 18.0 Å². The molecule has 0 spiro atoms. The van der Waals surface area contributed by atoms with Gasteiger partial charge in [0.25, 0.3) is 0 Å². The lowest BCUT2D eigenvalue weighted by atomic mass is 9.38. The molecule has 6 aromatic rings. The summed E-state index contributed by atoms with van der Waals surface area (Å²) in [6, 6.07) is 35.7. The molecular formula is C58H56O9. The maximum absolute atomic E-state index is 14.5. The van der Waals surface area contributed by atoms with Crippen molar-refractivity contribution in [2.45, 2.75) is 88.8 Å². The molecular weight excluding hydrogens is 841 g/mol. The number of allylic oxidation sites excluding steroid dienone is 1. The van der Waals surface area contributed by atoms with E-state index in [1.807, 2.05) is 72.8 Å². The number of methoxy groups -OCH3 is 2. The molecule has 0 heterocycles. The fourth-order valence-corrected chi connectivity index (χ4v) is 13.9. The molecule has 3 N–H and O–H groups in total. The first-order chi connectivity index (χ1) is 32.5. The van der Waals surface area contributed by atoms with E-state index in [9.17, 15) is 24.9 Å². The summed E-state index contributed by atoms with van der Waals surface area (Å²) in [5, 5.41) is 35.1. The van der Waals surface area contributed by atoms with Gasteiger partial charge in [0.05, 0.1) is 20.6 Å². The quantitative estimate of drug-likeness (QED) is 0.128. The summed E-state index contributed by atoms with van der Waals surface area (Å²) in [5.41, 5.74) is 10.3. The number of hydrogen-bond donors (Lipinski definition) is 3. The number of carbonyl (C=O) groups excluding carboxylic acids is 2. The monoisotopic (exact) mass is 896 g/mol. The number of hydrogen-bond acceptors (Lipinski definition) is 9. The SMILES string of the molecule is COc1cc2c(cc1O)[C@@H]1CC[C@@H]3Cc4cc(O)c(OC)cc4[C@H]4C[C@H](OC(=O)Cc5ccc6cc(O)cc(-c7ccccc7)c6c5)C[C@@H](OC(C)=O)[C@@H](C2)[C@]1(C1=Cc2ccccc2CC1)[C@H]34. The highest BCUT2D eigenvalue weighted by atomic mass is 16.6.